The molecule has 1 unspecified atom stereocenters. The van der Waals surface area contributed by atoms with Crippen LogP contribution in [-0.4, -0.2) is 11.0 Å². The molecule has 0 aliphatic heterocycles. The molecular formula is C27H23F6O2P. The summed E-state index contributed by atoms with van der Waals surface area (Å²) >= 11 is 0. The Balaban J connectivity index is 2.38. The van der Waals surface area contributed by atoms with Crippen molar-refractivity contribution in [3.63, 3.8) is 0 Å². The second-order valence-corrected chi connectivity index (χ2v) is 10.5. The molecule has 0 N–H and O–H groups in total. The predicted octanol–water partition coefficient (Wildman–Crippen LogP) is 8.05. The van der Waals surface area contributed by atoms with Crippen LogP contribution in [0, 0.1) is 34.6 Å². The van der Waals surface area contributed by atoms with Crippen LogP contribution >= 0.6 is 7.92 Å². The fraction of sp³-hybridized carbons (Fsp3) is 0.259. The van der Waals surface area contributed by atoms with Gasteiger partial charge in [-0.2, -0.15) is 26.3 Å². The topological polar surface area (TPSA) is 34.1 Å². The molecule has 0 aromatic heterocycles. The number of hydrogen-bond donors (Lipinski definition) is 0. The first-order valence-corrected chi connectivity index (χ1v) is 12.2. The minimum atomic E-state index is -5.24. The van der Waals surface area contributed by atoms with E-state index >= 15 is 0 Å². The van der Waals surface area contributed by atoms with Crippen LogP contribution < -0.4 is 5.30 Å². The number of rotatable bonds is 5. The first-order chi connectivity index (χ1) is 16.6. The van der Waals surface area contributed by atoms with Crippen LogP contribution in [0.25, 0.3) is 0 Å². The summed E-state index contributed by atoms with van der Waals surface area (Å²) in [5.74, 6) is 0. The van der Waals surface area contributed by atoms with Gasteiger partial charge in [-0.3, -0.25) is 9.59 Å². The molecule has 0 saturated heterocycles. The Morgan fingerprint density at radius 3 is 1.36 bits per heavy atom. The zero-order valence-electron chi connectivity index (χ0n) is 20.2. The van der Waals surface area contributed by atoms with Crippen molar-refractivity contribution in [3.05, 3.63) is 98.6 Å². The van der Waals surface area contributed by atoms with E-state index in [4.69, 9.17) is 0 Å². The highest BCUT2D eigenvalue weighted by Crippen LogP contribution is 2.49. The lowest BCUT2D eigenvalue weighted by atomic mass is 9.90. The molecule has 0 aliphatic carbocycles. The number of alkyl halides is 6. The molecule has 0 bridgehead atoms. The van der Waals surface area contributed by atoms with Gasteiger partial charge in [0.2, 0.25) is 0 Å². The van der Waals surface area contributed by atoms with E-state index < -0.39 is 48.0 Å². The highest BCUT2D eigenvalue weighted by atomic mass is 31.1. The summed E-state index contributed by atoms with van der Waals surface area (Å²) in [5, 5.41) is 0.0716. The second-order valence-electron chi connectivity index (χ2n) is 8.50. The molecule has 190 valence electrons. The van der Waals surface area contributed by atoms with E-state index in [2.05, 4.69) is 0 Å². The van der Waals surface area contributed by atoms with Crippen LogP contribution in [-0.2, 0) is 12.4 Å². The third-order valence-electron chi connectivity index (χ3n) is 6.52. The monoisotopic (exact) mass is 524 g/mol. The fourth-order valence-electron chi connectivity index (χ4n) is 4.20. The molecule has 0 heterocycles. The SMILES string of the molecule is Cc1c(C)c(C)c(C(=O)P(C(=O)c2c(C(F)(F)F)cccc2C(F)(F)F)c2ccccc2)c(C)c1C. The molecule has 1 atom stereocenters. The van der Waals surface area contributed by atoms with E-state index in [1.165, 1.54) is 24.3 Å². The summed E-state index contributed by atoms with van der Waals surface area (Å²) in [5.41, 5.74) is -3.57. The van der Waals surface area contributed by atoms with Gasteiger partial charge < -0.3 is 0 Å². The molecule has 0 aliphatic rings. The molecule has 3 aromatic rings. The number of benzene rings is 3. The van der Waals surface area contributed by atoms with Crippen molar-refractivity contribution in [3.8, 4) is 0 Å². The van der Waals surface area contributed by atoms with Crippen molar-refractivity contribution in [1.29, 1.82) is 0 Å². The smallest absolute Gasteiger partial charge is 0.288 e. The van der Waals surface area contributed by atoms with Crippen molar-refractivity contribution >= 4 is 24.3 Å². The minimum Gasteiger partial charge on any atom is -0.288 e. The van der Waals surface area contributed by atoms with Crippen LogP contribution in [0.1, 0.15) is 59.7 Å². The van der Waals surface area contributed by atoms with Crippen molar-refractivity contribution in [2.24, 2.45) is 0 Å². The van der Waals surface area contributed by atoms with E-state index in [1.54, 1.807) is 33.8 Å². The van der Waals surface area contributed by atoms with E-state index in [0.29, 0.717) is 29.3 Å². The highest BCUT2D eigenvalue weighted by molar-refractivity contribution is 7.96. The molecular weight excluding hydrogens is 501 g/mol. The van der Waals surface area contributed by atoms with Crippen molar-refractivity contribution in [2.45, 2.75) is 47.0 Å². The van der Waals surface area contributed by atoms with Crippen molar-refractivity contribution in [1.82, 2.24) is 0 Å². The molecule has 9 heteroatoms. The zero-order chi connectivity index (χ0) is 27.2. The number of hydrogen-bond acceptors (Lipinski definition) is 2. The lowest BCUT2D eigenvalue weighted by molar-refractivity contribution is -0.143. The zero-order valence-corrected chi connectivity index (χ0v) is 21.0. The Hall–Kier alpha value is -2.99. The van der Waals surface area contributed by atoms with Crippen LogP contribution in [0.5, 0.6) is 0 Å². The third kappa shape index (κ3) is 4.96. The van der Waals surface area contributed by atoms with E-state index in [9.17, 15) is 35.9 Å². The normalized spacial score (nSPS) is 13.0. The Bertz CT molecular complexity index is 1280. The van der Waals surface area contributed by atoms with E-state index in [0.717, 1.165) is 16.7 Å². The summed E-state index contributed by atoms with van der Waals surface area (Å²) < 4.78 is 83.1. The number of carbonyl (C=O) groups is 2. The molecule has 0 radical (unpaired) electrons. The first kappa shape index (κ1) is 27.6. The van der Waals surface area contributed by atoms with Gasteiger partial charge in [0.1, 0.15) is 0 Å². The van der Waals surface area contributed by atoms with Crippen LogP contribution in [0.15, 0.2) is 48.5 Å². The van der Waals surface area contributed by atoms with Gasteiger partial charge >= 0.3 is 12.4 Å². The second kappa shape index (κ2) is 9.81. The maximum absolute atomic E-state index is 14.0. The van der Waals surface area contributed by atoms with Gasteiger partial charge in [0.15, 0.2) is 11.0 Å². The number of carbonyl (C=O) groups excluding carboxylic acids is 2. The molecule has 0 spiro atoms. The quantitative estimate of drug-likeness (QED) is 0.250. The van der Waals surface area contributed by atoms with Crippen molar-refractivity contribution < 1.29 is 35.9 Å². The largest absolute Gasteiger partial charge is 0.417 e. The molecule has 0 amide bonds. The number of halogens is 6. The van der Waals surface area contributed by atoms with Gasteiger partial charge in [0.25, 0.3) is 0 Å². The Labute approximate surface area is 206 Å². The van der Waals surface area contributed by atoms with Gasteiger partial charge in [0, 0.05) is 11.1 Å². The average molecular weight is 524 g/mol. The Kier molecular flexibility index (Phi) is 7.52. The lowest BCUT2D eigenvalue weighted by Crippen LogP contribution is -2.24. The summed E-state index contributed by atoms with van der Waals surface area (Å²) in [7, 11) is -2.80. The molecule has 3 aromatic carbocycles. The van der Waals surface area contributed by atoms with Gasteiger partial charge in [-0.15, -0.1) is 0 Å². The van der Waals surface area contributed by atoms with Gasteiger partial charge in [-0.05, 0) is 79.9 Å². The molecule has 0 fully saturated rings. The van der Waals surface area contributed by atoms with Crippen LogP contribution in [0.4, 0.5) is 26.3 Å². The Morgan fingerprint density at radius 2 is 0.944 bits per heavy atom. The average Bonchev–Trinajstić information content (AvgIpc) is 2.80. The predicted molar refractivity (Wildman–Crippen MR) is 128 cm³/mol. The fourth-order valence-corrected chi connectivity index (χ4v) is 6.35. The summed E-state index contributed by atoms with van der Waals surface area (Å²) in [6.45, 7) is 8.74. The summed E-state index contributed by atoms with van der Waals surface area (Å²) in [4.78, 5) is 27.7. The van der Waals surface area contributed by atoms with Crippen LogP contribution in [0.2, 0.25) is 0 Å². The van der Waals surface area contributed by atoms with E-state index in [-0.39, 0.29) is 10.9 Å². The first-order valence-electron chi connectivity index (χ1n) is 10.9. The standard InChI is InChI=1S/C27H23F6O2P/c1-14-15(2)17(4)22(18(5)16(14)3)24(34)36(19-10-7-6-8-11-19)25(35)23-20(26(28,29)30)12-9-13-21(23)27(31,32)33/h6-13H,1-5H3. The minimum absolute atomic E-state index is 0.0716. The maximum Gasteiger partial charge on any atom is 0.417 e. The van der Waals surface area contributed by atoms with E-state index in [1.807, 2.05) is 6.92 Å². The van der Waals surface area contributed by atoms with Crippen LogP contribution in [0.3, 0.4) is 0 Å². The third-order valence-corrected chi connectivity index (χ3v) is 8.60. The van der Waals surface area contributed by atoms with Gasteiger partial charge in [-0.1, -0.05) is 36.4 Å². The molecule has 0 saturated carbocycles. The highest BCUT2D eigenvalue weighted by Gasteiger charge is 2.45. The summed E-state index contributed by atoms with van der Waals surface area (Å²) in [6.07, 6.45) is -10.5. The summed E-state index contributed by atoms with van der Waals surface area (Å²) in [6, 6.07) is 8.77. The molecule has 36 heavy (non-hydrogen) atoms. The van der Waals surface area contributed by atoms with Gasteiger partial charge in [-0.25, -0.2) is 0 Å². The molecule has 2 nitrogen and oxygen atoms in total. The van der Waals surface area contributed by atoms with Crippen molar-refractivity contribution in [2.75, 3.05) is 0 Å². The maximum atomic E-state index is 14.0. The van der Waals surface area contributed by atoms with Gasteiger partial charge in [0.05, 0.1) is 19.0 Å². The molecule has 3 rings (SSSR count). The lowest BCUT2D eigenvalue weighted by Gasteiger charge is -2.24. The Morgan fingerprint density at radius 1 is 0.556 bits per heavy atom.